The molecule has 2 aliphatic carbocycles. The number of rotatable bonds is 0. The SMILES string of the molecule is Cc1c(C)c(C)c2c(C)c3c(c(C)c2c1C)-c1c(C)c(C)c2c4c(c(C)c(C)c-3c14)C(C)(C)[C-]2C.[Y].[Y].[Y].[Y]. The quantitative estimate of drug-likeness (QED) is 0.137. The van der Waals surface area contributed by atoms with Crippen LogP contribution in [0.15, 0.2) is 0 Å². The zero-order chi connectivity index (χ0) is 25.6. The van der Waals surface area contributed by atoms with Gasteiger partial charge in [0.25, 0.3) is 0 Å². The predicted molar refractivity (Wildman–Crippen MR) is 154 cm³/mol. The van der Waals surface area contributed by atoms with E-state index in [1.54, 1.807) is 10.9 Å². The van der Waals surface area contributed by atoms with Crippen LogP contribution in [0, 0.1) is 75.2 Å². The summed E-state index contributed by atoms with van der Waals surface area (Å²) in [5, 5.41) is 6.04. The van der Waals surface area contributed by atoms with Crippen LogP contribution in [0.5, 0.6) is 0 Å². The molecule has 0 N–H and O–H groups in total. The average molecular weight is 815 g/mol. The van der Waals surface area contributed by atoms with Crippen molar-refractivity contribution in [2.45, 2.75) is 95.4 Å². The summed E-state index contributed by atoms with van der Waals surface area (Å²) in [4.78, 5) is 0. The molecule has 0 spiro atoms. The second-order valence-electron chi connectivity index (χ2n) is 12.2. The molecule has 4 radical (unpaired) electrons. The first kappa shape index (κ1) is 36.9. The molecule has 0 atom stereocenters. The van der Waals surface area contributed by atoms with Gasteiger partial charge in [-0.2, -0.15) is 11.5 Å². The molecule has 0 aliphatic heterocycles. The summed E-state index contributed by atoms with van der Waals surface area (Å²) in [5.41, 5.74) is 23.8. The normalized spacial score (nSPS) is 13.6. The number of benzene rings is 4. The van der Waals surface area contributed by atoms with E-state index in [2.05, 4.69) is 90.0 Å². The van der Waals surface area contributed by atoms with Crippen molar-refractivity contribution < 1.29 is 131 Å². The van der Waals surface area contributed by atoms with E-state index in [4.69, 9.17) is 0 Å². The zero-order valence-corrected chi connectivity index (χ0v) is 37.7. The predicted octanol–water partition coefficient (Wildman–Crippen LogP) is 9.95. The first-order valence-electron chi connectivity index (χ1n) is 13.2. The van der Waals surface area contributed by atoms with E-state index in [1.807, 2.05) is 0 Å². The van der Waals surface area contributed by atoms with Gasteiger partial charge in [-0.3, -0.25) is 0 Å². The molecule has 192 valence electrons. The minimum absolute atomic E-state index is 0. The van der Waals surface area contributed by atoms with Gasteiger partial charge in [-0.25, -0.2) is 0 Å². The molecule has 0 nitrogen and oxygen atoms in total. The molecule has 0 aromatic heterocycles. The van der Waals surface area contributed by atoms with E-state index in [0.717, 1.165) is 0 Å². The maximum absolute atomic E-state index is 2.44. The molecule has 2 aliphatic rings. The Kier molecular flexibility index (Phi) is 11.2. The smallest absolute Gasteiger partial charge is 0 e. The van der Waals surface area contributed by atoms with Crippen molar-refractivity contribution >= 4 is 21.5 Å². The van der Waals surface area contributed by atoms with E-state index in [0.29, 0.717) is 0 Å². The largest absolute Gasteiger partial charge is 0.177 e. The average Bonchev–Trinajstić information content (AvgIpc) is 3.26. The Hall–Kier alpha value is 1.69. The van der Waals surface area contributed by atoms with Crippen LogP contribution in [-0.2, 0) is 136 Å². The Morgan fingerprint density at radius 1 is 0.385 bits per heavy atom. The van der Waals surface area contributed by atoms with Crippen LogP contribution in [0.3, 0.4) is 0 Å². The van der Waals surface area contributed by atoms with Crippen molar-refractivity contribution in [2.75, 3.05) is 0 Å². The Morgan fingerprint density at radius 3 is 1.18 bits per heavy atom. The van der Waals surface area contributed by atoms with Crippen LogP contribution in [0.4, 0.5) is 0 Å². The Labute approximate surface area is 337 Å². The van der Waals surface area contributed by atoms with E-state index in [-0.39, 0.29) is 136 Å². The molecular weight excluding hydrogens is 776 g/mol. The summed E-state index contributed by atoms with van der Waals surface area (Å²) >= 11 is 0. The second-order valence-corrected chi connectivity index (χ2v) is 12.2. The minimum Gasteiger partial charge on any atom is -0.177 e. The summed E-state index contributed by atoms with van der Waals surface area (Å²) < 4.78 is 0. The van der Waals surface area contributed by atoms with Crippen molar-refractivity contribution in [1.82, 2.24) is 0 Å². The molecule has 0 heterocycles. The Balaban J connectivity index is 0.00000133. The molecule has 39 heavy (non-hydrogen) atoms. The van der Waals surface area contributed by atoms with Crippen molar-refractivity contribution in [1.29, 1.82) is 0 Å². The van der Waals surface area contributed by atoms with Gasteiger partial charge in [-0.1, -0.05) is 56.7 Å². The maximum Gasteiger partial charge on any atom is 0 e. The fourth-order valence-corrected chi connectivity index (χ4v) is 8.12. The van der Waals surface area contributed by atoms with Gasteiger partial charge in [0.2, 0.25) is 0 Å². The summed E-state index contributed by atoms with van der Waals surface area (Å²) in [6, 6.07) is 0. The van der Waals surface area contributed by atoms with Gasteiger partial charge in [0.1, 0.15) is 0 Å². The minimum atomic E-state index is 0. The molecule has 4 aromatic rings. The molecular formula is C35H39Y4-. The standard InChI is InChI=1S/C35H39.4Y/c1-14-15(2)17(4)26-23(10)31-29-20(7)21(8)34-33-27(24(11)35(34,12)13)18(5)19(6)28(32(29)33)30(31)22(9)25(26)16(14)3;;;;/h1-13H3;;;;/q-1;;;;. The first-order chi connectivity index (χ1) is 16.3. The summed E-state index contributed by atoms with van der Waals surface area (Å²) in [6.07, 6.45) is 0. The second kappa shape index (κ2) is 11.9. The third-order valence-electron chi connectivity index (χ3n) is 10.8. The summed E-state index contributed by atoms with van der Waals surface area (Å²) in [5.74, 6) is 1.53. The number of aryl methyl sites for hydroxylation is 4. The fraction of sp³-hybridized carbons (Fsp3) is 0.400. The Morgan fingerprint density at radius 2 is 0.769 bits per heavy atom. The van der Waals surface area contributed by atoms with Crippen molar-refractivity contribution in [3.8, 4) is 22.3 Å². The van der Waals surface area contributed by atoms with E-state index in [1.165, 1.54) is 106 Å². The van der Waals surface area contributed by atoms with Crippen LogP contribution >= 0.6 is 0 Å². The first-order valence-corrected chi connectivity index (χ1v) is 13.2. The molecule has 0 saturated carbocycles. The van der Waals surface area contributed by atoms with Crippen LogP contribution in [0.25, 0.3) is 43.8 Å². The molecule has 4 aromatic carbocycles. The summed E-state index contributed by atoms with van der Waals surface area (Å²) in [6.45, 7) is 30.8. The Bertz CT molecular complexity index is 1650. The zero-order valence-electron chi connectivity index (χ0n) is 26.3. The third kappa shape index (κ3) is 4.36. The van der Waals surface area contributed by atoms with Crippen molar-refractivity contribution in [2.24, 2.45) is 0 Å². The molecule has 0 fully saturated rings. The van der Waals surface area contributed by atoms with Gasteiger partial charge in [0.05, 0.1) is 0 Å². The monoisotopic (exact) mass is 815 g/mol. The summed E-state index contributed by atoms with van der Waals surface area (Å²) in [7, 11) is 0. The van der Waals surface area contributed by atoms with Crippen LogP contribution in [0.2, 0.25) is 0 Å². The van der Waals surface area contributed by atoms with Gasteiger partial charge in [0.15, 0.2) is 0 Å². The molecule has 0 unspecified atom stereocenters. The molecule has 0 bridgehead atoms. The topological polar surface area (TPSA) is 0 Å². The molecule has 0 saturated heterocycles. The van der Waals surface area contributed by atoms with E-state index in [9.17, 15) is 0 Å². The molecule has 0 amide bonds. The van der Waals surface area contributed by atoms with Crippen molar-refractivity contribution in [3.05, 3.63) is 72.7 Å². The fourth-order valence-electron chi connectivity index (χ4n) is 8.12. The maximum atomic E-state index is 2.44. The number of fused-ring (bicyclic) bond motifs is 4. The van der Waals surface area contributed by atoms with Gasteiger partial charge >= 0.3 is 0 Å². The number of hydrogen-bond donors (Lipinski definition) is 0. The van der Waals surface area contributed by atoms with Gasteiger partial charge in [0, 0.05) is 131 Å². The van der Waals surface area contributed by atoms with Crippen LogP contribution < -0.4 is 0 Å². The third-order valence-corrected chi connectivity index (χ3v) is 10.8. The van der Waals surface area contributed by atoms with Crippen molar-refractivity contribution in [3.63, 3.8) is 0 Å². The van der Waals surface area contributed by atoms with Gasteiger partial charge < -0.3 is 0 Å². The van der Waals surface area contributed by atoms with Crippen LogP contribution in [-0.4, -0.2) is 0 Å². The van der Waals surface area contributed by atoms with Gasteiger partial charge in [-0.05, 0) is 133 Å². The number of hydrogen-bond acceptors (Lipinski definition) is 0. The van der Waals surface area contributed by atoms with Gasteiger partial charge in [-0.15, -0.1) is 10.9 Å². The van der Waals surface area contributed by atoms with Crippen LogP contribution in [0.1, 0.15) is 87.5 Å². The van der Waals surface area contributed by atoms with E-state index < -0.39 is 0 Å². The molecule has 4 heteroatoms. The van der Waals surface area contributed by atoms with E-state index >= 15 is 0 Å². The molecule has 6 rings (SSSR count).